The fraction of sp³-hybridized carbons (Fsp3) is 0.158. The molecule has 33 heavy (non-hydrogen) atoms. The number of methoxy groups -OCH3 is 1. The Hall–Kier alpha value is -3.16. The number of halogens is 5. The predicted molar refractivity (Wildman–Crippen MR) is 114 cm³/mol. The molecule has 2 aromatic carbocycles. The molecule has 8 nitrogen and oxygen atoms in total. The lowest BCUT2D eigenvalue weighted by atomic mass is 10.2. The standard InChI is InChI=1S/C19H16ClF4N5O3S/c1-25-33(30,31)16-6-4-11(8-15(16)32-2)28-18-26-9-14(21)17(29-18)27-10-3-5-12(13(20)7-10)19(22,23)24/h3-9,25H,1-2H3,(H2,26,27,28,29). The van der Waals surface area contributed by atoms with Crippen molar-refractivity contribution in [3.63, 3.8) is 0 Å². The van der Waals surface area contributed by atoms with E-state index in [1.54, 1.807) is 0 Å². The molecule has 0 saturated heterocycles. The summed E-state index contributed by atoms with van der Waals surface area (Å²) in [6.45, 7) is 0. The quantitative estimate of drug-likeness (QED) is 0.400. The van der Waals surface area contributed by atoms with Gasteiger partial charge in [0, 0.05) is 17.4 Å². The Balaban J connectivity index is 1.86. The molecule has 3 aromatic rings. The number of alkyl halides is 3. The summed E-state index contributed by atoms with van der Waals surface area (Å²) in [4.78, 5) is 7.66. The first-order chi connectivity index (χ1) is 15.4. The van der Waals surface area contributed by atoms with E-state index < -0.39 is 32.6 Å². The van der Waals surface area contributed by atoms with Gasteiger partial charge in [0.1, 0.15) is 10.6 Å². The number of aromatic nitrogens is 2. The molecular formula is C19H16ClF4N5O3S. The molecule has 0 bridgehead atoms. The Morgan fingerprint density at radius 3 is 2.33 bits per heavy atom. The minimum Gasteiger partial charge on any atom is -0.495 e. The number of nitrogens with one attached hydrogen (secondary N) is 3. The highest BCUT2D eigenvalue weighted by atomic mass is 35.5. The van der Waals surface area contributed by atoms with E-state index in [2.05, 4.69) is 25.3 Å². The van der Waals surface area contributed by atoms with Crippen molar-refractivity contribution in [3.8, 4) is 5.75 Å². The Labute approximate surface area is 191 Å². The van der Waals surface area contributed by atoms with Crippen LogP contribution in [-0.4, -0.2) is 32.5 Å². The maximum Gasteiger partial charge on any atom is 0.417 e. The van der Waals surface area contributed by atoms with Crippen molar-refractivity contribution in [2.24, 2.45) is 0 Å². The average Bonchev–Trinajstić information content (AvgIpc) is 2.75. The number of rotatable bonds is 7. The number of hydrogen-bond acceptors (Lipinski definition) is 7. The molecule has 0 spiro atoms. The first-order valence-electron chi connectivity index (χ1n) is 8.99. The predicted octanol–water partition coefficient (Wildman–Crippen LogP) is 4.69. The molecule has 0 unspecified atom stereocenters. The molecular weight excluding hydrogens is 490 g/mol. The molecule has 0 aliphatic heterocycles. The monoisotopic (exact) mass is 505 g/mol. The number of sulfonamides is 1. The maximum atomic E-state index is 14.2. The third-order valence-electron chi connectivity index (χ3n) is 4.26. The molecule has 0 aliphatic carbocycles. The van der Waals surface area contributed by atoms with Gasteiger partial charge < -0.3 is 15.4 Å². The molecule has 3 N–H and O–H groups in total. The second kappa shape index (κ2) is 9.37. The Morgan fingerprint density at radius 2 is 1.73 bits per heavy atom. The second-order valence-electron chi connectivity index (χ2n) is 6.41. The van der Waals surface area contributed by atoms with Crippen molar-refractivity contribution in [1.29, 1.82) is 0 Å². The summed E-state index contributed by atoms with van der Waals surface area (Å²) in [5.74, 6) is -1.24. The van der Waals surface area contributed by atoms with Crippen LogP contribution in [0.4, 0.5) is 40.7 Å². The van der Waals surface area contributed by atoms with Gasteiger partial charge in [0.15, 0.2) is 11.6 Å². The largest absolute Gasteiger partial charge is 0.495 e. The molecule has 0 amide bonds. The highest BCUT2D eigenvalue weighted by Gasteiger charge is 2.33. The highest BCUT2D eigenvalue weighted by molar-refractivity contribution is 7.89. The number of hydrogen-bond donors (Lipinski definition) is 3. The molecule has 0 radical (unpaired) electrons. The van der Waals surface area contributed by atoms with Crippen molar-refractivity contribution in [2.75, 3.05) is 24.8 Å². The molecule has 0 aliphatic rings. The summed E-state index contributed by atoms with van der Waals surface area (Å²) in [6, 6.07) is 6.91. The Kier molecular flexibility index (Phi) is 6.95. The van der Waals surface area contributed by atoms with Crippen LogP contribution in [0.15, 0.2) is 47.5 Å². The zero-order valence-corrected chi connectivity index (χ0v) is 18.5. The third kappa shape index (κ3) is 5.61. The fourth-order valence-electron chi connectivity index (χ4n) is 2.68. The van der Waals surface area contributed by atoms with E-state index in [1.165, 1.54) is 32.4 Å². The van der Waals surface area contributed by atoms with Gasteiger partial charge >= 0.3 is 6.18 Å². The SMILES string of the molecule is CNS(=O)(=O)c1ccc(Nc2ncc(F)c(Nc3ccc(C(F)(F)F)c(Cl)c3)n2)cc1OC. The van der Waals surface area contributed by atoms with Crippen LogP contribution in [0.2, 0.25) is 5.02 Å². The van der Waals surface area contributed by atoms with E-state index in [9.17, 15) is 26.0 Å². The van der Waals surface area contributed by atoms with Gasteiger partial charge in [-0.15, -0.1) is 0 Å². The smallest absolute Gasteiger partial charge is 0.417 e. The van der Waals surface area contributed by atoms with Crippen LogP contribution >= 0.6 is 11.6 Å². The summed E-state index contributed by atoms with van der Waals surface area (Å²) in [5.41, 5.74) is -0.630. The maximum absolute atomic E-state index is 14.2. The summed E-state index contributed by atoms with van der Waals surface area (Å²) in [5, 5.41) is 4.75. The molecule has 3 rings (SSSR count). The molecule has 176 valence electrons. The first-order valence-corrected chi connectivity index (χ1v) is 10.9. The van der Waals surface area contributed by atoms with Crippen molar-refractivity contribution in [3.05, 3.63) is 59.0 Å². The second-order valence-corrected chi connectivity index (χ2v) is 8.67. The van der Waals surface area contributed by atoms with Crippen LogP contribution < -0.4 is 20.1 Å². The van der Waals surface area contributed by atoms with Crippen LogP contribution in [0.25, 0.3) is 0 Å². The van der Waals surface area contributed by atoms with E-state index in [0.29, 0.717) is 5.69 Å². The van der Waals surface area contributed by atoms with Crippen molar-refractivity contribution in [2.45, 2.75) is 11.1 Å². The number of anilines is 4. The molecule has 1 aromatic heterocycles. The van der Waals surface area contributed by atoms with Gasteiger partial charge in [-0.05, 0) is 37.4 Å². The lowest BCUT2D eigenvalue weighted by Gasteiger charge is -2.13. The number of benzene rings is 2. The van der Waals surface area contributed by atoms with Crippen molar-refractivity contribution >= 4 is 44.8 Å². The average molecular weight is 506 g/mol. The van der Waals surface area contributed by atoms with Gasteiger partial charge in [-0.25, -0.2) is 22.5 Å². The van der Waals surface area contributed by atoms with Crippen LogP contribution in [0, 0.1) is 5.82 Å². The molecule has 0 atom stereocenters. The van der Waals surface area contributed by atoms with Gasteiger partial charge in [-0.2, -0.15) is 18.2 Å². The van der Waals surface area contributed by atoms with Crippen molar-refractivity contribution in [1.82, 2.24) is 14.7 Å². The zero-order chi connectivity index (χ0) is 24.4. The summed E-state index contributed by atoms with van der Waals surface area (Å²) < 4.78 is 84.1. The van der Waals surface area contributed by atoms with Gasteiger partial charge in [0.25, 0.3) is 0 Å². The fourth-order valence-corrected chi connectivity index (χ4v) is 3.84. The van der Waals surface area contributed by atoms with E-state index >= 15 is 0 Å². The minimum atomic E-state index is -4.63. The zero-order valence-electron chi connectivity index (χ0n) is 17.0. The van der Waals surface area contributed by atoms with Gasteiger partial charge in [-0.1, -0.05) is 11.6 Å². The Bertz CT molecular complexity index is 1290. The third-order valence-corrected chi connectivity index (χ3v) is 6.03. The van der Waals surface area contributed by atoms with E-state index in [4.69, 9.17) is 16.3 Å². The minimum absolute atomic E-state index is 0.0363. The summed E-state index contributed by atoms with van der Waals surface area (Å²) in [7, 11) is -1.22. The van der Waals surface area contributed by atoms with Gasteiger partial charge in [0.05, 0.1) is 23.9 Å². The van der Waals surface area contributed by atoms with Crippen LogP contribution in [-0.2, 0) is 16.2 Å². The van der Waals surface area contributed by atoms with Crippen LogP contribution in [0.1, 0.15) is 5.56 Å². The van der Waals surface area contributed by atoms with Crippen LogP contribution in [0.5, 0.6) is 5.75 Å². The van der Waals surface area contributed by atoms with Crippen LogP contribution in [0.3, 0.4) is 0 Å². The Morgan fingerprint density at radius 1 is 1.06 bits per heavy atom. The van der Waals surface area contributed by atoms with E-state index in [1.807, 2.05) is 0 Å². The van der Waals surface area contributed by atoms with Crippen molar-refractivity contribution < 1.29 is 30.7 Å². The summed E-state index contributed by atoms with van der Waals surface area (Å²) in [6.07, 6.45) is -3.78. The topological polar surface area (TPSA) is 105 Å². The molecule has 1 heterocycles. The van der Waals surface area contributed by atoms with E-state index in [0.717, 1.165) is 24.4 Å². The van der Waals surface area contributed by atoms with E-state index in [-0.39, 0.29) is 28.1 Å². The number of ether oxygens (including phenoxy) is 1. The lowest BCUT2D eigenvalue weighted by molar-refractivity contribution is -0.137. The normalized spacial score (nSPS) is 11.8. The lowest BCUT2D eigenvalue weighted by Crippen LogP contribution is -2.19. The highest BCUT2D eigenvalue weighted by Crippen LogP contribution is 2.36. The molecule has 14 heteroatoms. The first kappa shape index (κ1) is 24.5. The van der Waals surface area contributed by atoms with Gasteiger partial charge in [-0.3, -0.25) is 0 Å². The molecule has 0 fully saturated rings. The molecule has 0 saturated carbocycles. The summed E-state index contributed by atoms with van der Waals surface area (Å²) >= 11 is 5.68. The number of nitrogens with zero attached hydrogens (tertiary/aromatic N) is 2. The van der Waals surface area contributed by atoms with Gasteiger partial charge in [0.2, 0.25) is 16.0 Å².